The van der Waals surface area contributed by atoms with Crippen molar-refractivity contribution >= 4 is 12.0 Å². The third-order valence-electron chi connectivity index (χ3n) is 4.75. The highest BCUT2D eigenvalue weighted by atomic mass is 19.3. The molecule has 1 aliphatic heterocycles. The van der Waals surface area contributed by atoms with E-state index in [1.54, 1.807) is 23.1 Å². The van der Waals surface area contributed by atoms with Gasteiger partial charge in [-0.1, -0.05) is 25.1 Å². The molecule has 0 aliphatic carbocycles. The first kappa shape index (κ1) is 22.9. The van der Waals surface area contributed by atoms with Crippen molar-refractivity contribution in [2.24, 2.45) is 5.92 Å². The second-order valence-electron chi connectivity index (χ2n) is 8.13. The van der Waals surface area contributed by atoms with Gasteiger partial charge in [-0.3, -0.25) is 4.79 Å². The van der Waals surface area contributed by atoms with Gasteiger partial charge in [0.15, 0.2) is 0 Å². The predicted octanol–water partition coefficient (Wildman–Crippen LogP) is 4.50. The zero-order valence-corrected chi connectivity index (χ0v) is 17.4. The van der Waals surface area contributed by atoms with Crippen LogP contribution in [-0.2, 0) is 9.53 Å². The van der Waals surface area contributed by atoms with Gasteiger partial charge < -0.3 is 19.7 Å². The Labute approximate surface area is 170 Å². The number of likely N-dealkylation sites (tertiary alicyclic amines) is 1. The predicted molar refractivity (Wildman–Crippen MR) is 105 cm³/mol. The van der Waals surface area contributed by atoms with Crippen LogP contribution in [0.2, 0.25) is 0 Å². The highest BCUT2D eigenvalue weighted by Crippen LogP contribution is 2.29. The quantitative estimate of drug-likeness (QED) is 0.747. The summed E-state index contributed by atoms with van der Waals surface area (Å²) >= 11 is 0. The van der Waals surface area contributed by atoms with Gasteiger partial charge in [0.2, 0.25) is 5.91 Å². The van der Waals surface area contributed by atoms with Crippen LogP contribution >= 0.6 is 0 Å². The average Bonchev–Trinajstić information content (AvgIpc) is 2.65. The maximum atomic E-state index is 12.7. The Bertz CT molecular complexity index is 698. The molecular formula is C21H30F2N2O4. The van der Waals surface area contributed by atoms with Crippen LogP contribution in [0, 0.1) is 5.92 Å². The fraction of sp³-hybridized carbons (Fsp3) is 0.619. The summed E-state index contributed by atoms with van der Waals surface area (Å²) in [7, 11) is 0. The van der Waals surface area contributed by atoms with E-state index in [9.17, 15) is 18.4 Å². The summed E-state index contributed by atoms with van der Waals surface area (Å²) in [6.07, 6.45) is 1.21. The number of para-hydroxylation sites is 1. The minimum absolute atomic E-state index is 0.0643. The van der Waals surface area contributed by atoms with Crippen molar-refractivity contribution in [3.63, 3.8) is 0 Å². The molecule has 2 amide bonds. The van der Waals surface area contributed by atoms with Crippen molar-refractivity contribution in [3.05, 3.63) is 29.8 Å². The van der Waals surface area contributed by atoms with Gasteiger partial charge in [0.1, 0.15) is 11.4 Å². The molecule has 0 bridgehead atoms. The Morgan fingerprint density at radius 1 is 1.21 bits per heavy atom. The van der Waals surface area contributed by atoms with Crippen LogP contribution in [0.15, 0.2) is 24.3 Å². The number of benzene rings is 1. The lowest BCUT2D eigenvalue weighted by atomic mass is 9.94. The molecule has 1 N–H and O–H groups in total. The minimum Gasteiger partial charge on any atom is -0.444 e. The summed E-state index contributed by atoms with van der Waals surface area (Å²) in [5.41, 5.74) is -0.0392. The molecule has 0 radical (unpaired) electrons. The summed E-state index contributed by atoms with van der Waals surface area (Å²) in [5.74, 6) is -0.326. The van der Waals surface area contributed by atoms with Gasteiger partial charge >= 0.3 is 12.7 Å². The largest absolute Gasteiger partial charge is 0.444 e. The fourth-order valence-corrected chi connectivity index (χ4v) is 3.31. The molecule has 1 aliphatic rings. The van der Waals surface area contributed by atoms with Crippen molar-refractivity contribution in [3.8, 4) is 5.75 Å². The SMILES string of the molecule is CCC(NC(=O)C1CCN(C(=O)OC(C)(C)C)CC1)c1ccccc1OC(F)F. The van der Waals surface area contributed by atoms with Crippen LogP contribution in [0.1, 0.15) is 58.6 Å². The third kappa shape index (κ3) is 6.87. The topological polar surface area (TPSA) is 67.9 Å². The second kappa shape index (κ2) is 9.89. The molecule has 1 aromatic rings. The van der Waals surface area contributed by atoms with E-state index in [1.165, 1.54) is 6.07 Å². The van der Waals surface area contributed by atoms with E-state index >= 15 is 0 Å². The molecule has 1 unspecified atom stereocenters. The van der Waals surface area contributed by atoms with Crippen molar-refractivity contribution < 1.29 is 27.8 Å². The summed E-state index contributed by atoms with van der Waals surface area (Å²) in [4.78, 5) is 26.5. The molecule has 1 heterocycles. The molecule has 0 saturated carbocycles. The molecule has 29 heavy (non-hydrogen) atoms. The lowest BCUT2D eigenvalue weighted by molar-refractivity contribution is -0.127. The second-order valence-corrected chi connectivity index (χ2v) is 8.13. The van der Waals surface area contributed by atoms with Gasteiger partial charge in [-0.05, 0) is 46.1 Å². The Balaban J connectivity index is 1.96. The Morgan fingerprint density at radius 2 is 1.83 bits per heavy atom. The Hall–Kier alpha value is -2.38. The van der Waals surface area contributed by atoms with E-state index in [0.29, 0.717) is 37.9 Å². The standard InChI is InChI=1S/C21H30F2N2O4/c1-5-16(15-8-6-7-9-17(15)28-19(22)23)24-18(26)14-10-12-25(13-11-14)20(27)29-21(2,3)4/h6-9,14,16,19H,5,10-13H2,1-4H3,(H,24,26). The zero-order valence-electron chi connectivity index (χ0n) is 17.4. The van der Waals surface area contributed by atoms with E-state index < -0.39 is 18.3 Å². The molecule has 0 aromatic heterocycles. The van der Waals surface area contributed by atoms with Crippen LogP contribution in [0.3, 0.4) is 0 Å². The normalized spacial score (nSPS) is 16.4. The van der Waals surface area contributed by atoms with Crippen molar-refractivity contribution in [2.75, 3.05) is 13.1 Å². The third-order valence-corrected chi connectivity index (χ3v) is 4.75. The molecule has 8 heteroatoms. The van der Waals surface area contributed by atoms with Gasteiger partial charge in [-0.25, -0.2) is 4.79 Å². The molecule has 1 aromatic carbocycles. The number of rotatable bonds is 6. The first-order valence-electron chi connectivity index (χ1n) is 9.92. The Kier molecular flexibility index (Phi) is 7.81. The zero-order chi connectivity index (χ0) is 21.6. The molecule has 1 atom stereocenters. The van der Waals surface area contributed by atoms with Gasteiger partial charge in [0, 0.05) is 24.6 Å². The number of ether oxygens (including phenoxy) is 2. The first-order valence-corrected chi connectivity index (χ1v) is 9.92. The van der Waals surface area contributed by atoms with Crippen LogP contribution in [0.25, 0.3) is 0 Å². The number of piperidine rings is 1. The number of halogens is 2. The average molecular weight is 412 g/mol. The van der Waals surface area contributed by atoms with Crippen molar-refractivity contribution in [1.82, 2.24) is 10.2 Å². The molecule has 0 spiro atoms. The van der Waals surface area contributed by atoms with Crippen molar-refractivity contribution in [2.45, 2.75) is 65.2 Å². The maximum absolute atomic E-state index is 12.7. The smallest absolute Gasteiger partial charge is 0.410 e. The van der Waals surface area contributed by atoms with Crippen molar-refractivity contribution in [1.29, 1.82) is 0 Å². The van der Waals surface area contributed by atoms with E-state index in [-0.39, 0.29) is 23.7 Å². The number of alkyl halides is 2. The number of nitrogens with one attached hydrogen (secondary N) is 1. The summed E-state index contributed by atoms with van der Waals surface area (Å²) in [6.45, 7) is 5.25. The lowest BCUT2D eigenvalue weighted by Gasteiger charge is -2.33. The van der Waals surface area contributed by atoms with E-state index in [0.717, 1.165) is 0 Å². The van der Waals surface area contributed by atoms with Crippen LogP contribution in [-0.4, -0.2) is 42.2 Å². The van der Waals surface area contributed by atoms with Gasteiger partial charge in [-0.2, -0.15) is 8.78 Å². The molecule has 2 rings (SSSR count). The van der Waals surface area contributed by atoms with E-state index in [1.807, 2.05) is 27.7 Å². The number of hydrogen-bond acceptors (Lipinski definition) is 4. The van der Waals surface area contributed by atoms with Gasteiger partial charge in [0.05, 0.1) is 6.04 Å². The van der Waals surface area contributed by atoms with Crippen LogP contribution < -0.4 is 10.1 Å². The van der Waals surface area contributed by atoms with E-state index in [2.05, 4.69) is 10.1 Å². The Morgan fingerprint density at radius 3 is 2.38 bits per heavy atom. The van der Waals surface area contributed by atoms with E-state index in [4.69, 9.17) is 4.74 Å². The molecule has 1 fully saturated rings. The van der Waals surface area contributed by atoms with Crippen LogP contribution in [0.4, 0.5) is 13.6 Å². The number of hydrogen-bond donors (Lipinski definition) is 1. The molecule has 162 valence electrons. The fourth-order valence-electron chi connectivity index (χ4n) is 3.31. The maximum Gasteiger partial charge on any atom is 0.410 e. The minimum atomic E-state index is -2.93. The highest BCUT2D eigenvalue weighted by molar-refractivity contribution is 5.79. The number of amides is 2. The number of carbonyl (C=O) groups is 2. The lowest BCUT2D eigenvalue weighted by Crippen LogP contribution is -2.45. The molecular weight excluding hydrogens is 382 g/mol. The van der Waals surface area contributed by atoms with Gasteiger partial charge in [0.25, 0.3) is 0 Å². The van der Waals surface area contributed by atoms with Crippen LogP contribution in [0.5, 0.6) is 5.75 Å². The molecule has 6 nitrogen and oxygen atoms in total. The summed E-state index contributed by atoms with van der Waals surface area (Å²) in [5, 5.41) is 2.95. The summed E-state index contributed by atoms with van der Waals surface area (Å²) < 4.78 is 35.3. The van der Waals surface area contributed by atoms with Gasteiger partial charge in [-0.15, -0.1) is 0 Å². The highest BCUT2D eigenvalue weighted by Gasteiger charge is 2.31. The first-order chi connectivity index (χ1) is 13.6. The molecule has 1 saturated heterocycles. The number of nitrogens with zero attached hydrogens (tertiary/aromatic N) is 1. The summed E-state index contributed by atoms with van der Waals surface area (Å²) in [6, 6.07) is 6.05. The number of carbonyl (C=O) groups excluding carboxylic acids is 2. The monoisotopic (exact) mass is 412 g/mol.